The molecule has 27 heavy (non-hydrogen) atoms. The molecule has 2 aromatic rings. The molecule has 0 N–H and O–H groups in total. The van der Waals surface area contributed by atoms with Crippen molar-refractivity contribution in [1.82, 2.24) is 4.90 Å². The quantitative estimate of drug-likeness (QED) is 0.735. The van der Waals surface area contributed by atoms with Crippen molar-refractivity contribution in [3.05, 3.63) is 59.7 Å². The predicted molar refractivity (Wildman–Crippen MR) is 105 cm³/mol. The number of carbonyl (C=O) groups excluding carboxylic acids is 1. The molecule has 4 nitrogen and oxygen atoms in total. The third-order valence-corrected chi connectivity index (χ3v) is 5.76. The average Bonchev–Trinajstić information content (AvgIpc) is 2.98. The van der Waals surface area contributed by atoms with Crippen LogP contribution in [0.1, 0.15) is 43.2 Å². The number of nitrogens with zero attached hydrogens (tertiary/aromatic N) is 1. The lowest BCUT2D eigenvalue weighted by molar-refractivity contribution is 0.0260. The molecule has 0 unspecified atom stereocenters. The highest BCUT2D eigenvalue weighted by Gasteiger charge is 2.45. The Kier molecular flexibility index (Phi) is 5.17. The minimum absolute atomic E-state index is 0.161. The molecule has 0 radical (unpaired) electrons. The van der Waals surface area contributed by atoms with E-state index in [2.05, 4.69) is 36.4 Å². The van der Waals surface area contributed by atoms with E-state index in [4.69, 9.17) is 9.47 Å². The fourth-order valence-electron chi connectivity index (χ4n) is 4.36. The molecule has 4 heteroatoms. The monoisotopic (exact) mass is 365 g/mol. The lowest BCUT2D eigenvalue weighted by atomic mass is 9.85. The first-order valence-corrected chi connectivity index (χ1v) is 9.83. The van der Waals surface area contributed by atoms with Gasteiger partial charge in [-0.05, 0) is 47.9 Å². The van der Waals surface area contributed by atoms with Crippen LogP contribution in [0.15, 0.2) is 48.5 Å². The van der Waals surface area contributed by atoms with Gasteiger partial charge >= 0.3 is 6.09 Å². The van der Waals surface area contributed by atoms with E-state index >= 15 is 0 Å². The van der Waals surface area contributed by atoms with Crippen molar-refractivity contribution in [2.24, 2.45) is 0 Å². The second kappa shape index (κ2) is 7.73. The van der Waals surface area contributed by atoms with E-state index in [0.29, 0.717) is 13.2 Å². The summed E-state index contributed by atoms with van der Waals surface area (Å²) in [5.74, 6) is 0. The molecule has 142 valence electrons. The Hall–Kier alpha value is -2.33. The molecule has 1 aliphatic carbocycles. The van der Waals surface area contributed by atoms with Crippen molar-refractivity contribution in [2.45, 2.75) is 50.9 Å². The first-order chi connectivity index (χ1) is 13.2. The Morgan fingerprint density at radius 2 is 1.78 bits per heavy atom. The zero-order chi connectivity index (χ0) is 18.7. The van der Waals surface area contributed by atoms with Crippen molar-refractivity contribution in [3.8, 4) is 11.1 Å². The molecule has 0 bridgehead atoms. The topological polar surface area (TPSA) is 38.8 Å². The number of amides is 1. The normalized spacial score (nSPS) is 18.7. The Morgan fingerprint density at radius 1 is 1.04 bits per heavy atom. The Balaban J connectivity index is 1.46. The van der Waals surface area contributed by atoms with E-state index in [0.717, 1.165) is 37.8 Å². The van der Waals surface area contributed by atoms with Crippen molar-refractivity contribution in [3.63, 3.8) is 0 Å². The van der Waals surface area contributed by atoms with Gasteiger partial charge in [-0.15, -0.1) is 0 Å². The van der Waals surface area contributed by atoms with Gasteiger partial charge in [0.15, 0.2) is 0 Å². The highest BCUT2D eigenvalue weighted by molar-refractivity contribution is 5.71. The largest absolute Gasteiger partial charge is 0.441 e. The maximum absolute atomic E-state index is 12.3. The fourth-order valence-corrected chi connectivity index (χ4v) is 4.36. The Bertz CT molecular complexity index is 794. The molecule has 1 aliphatic heterocycles. The van der Waals surface area contributed by atoms with Crippen LogP contribution < -0.4 is 0 Å². The zero-order valence-electron chi connectivity index (χ0n) is 15.9. The summed E-state index contributed by atoms with van der Waals surface area (Å²) < 4.78 is 11.1. The number of benzene rings is 2. The van der Waals surface area contributed by atoms with Gasteiger partial charge in [0.1, 0.15) is 5.60 Å². The van der Waals surface area contributed by atoms with E-state index in [-0.39, 0.29) is 11.7 Å². The minimum atomic E-state index is -0.228. The molecule has 2 aromatic carbocycles. The van der Waals surface area contributed by atoms with E-state index in [1.807, 2.05) is 17.0 Å². The van der Waals surface area contributed by atoms with Crippen LogP contribution in [-0.2, 0) is 22.6 Å². The Morgan fingerprint density at radius 3 is 2.52 bits per heavy atom. The SMILES string of the molecule is COCc1ccccc1-c1ccc(CN2CC3(CCCCC3)OC2=O)cc1. The van der Waals surface area contributed by atoms with E-state index in [1.165, 1.54) is 23.1 Å². The summed E-state index contributed by atoms with van der Waals surface area (Å²) in [5, 5.41) is 0. The summed E-state index contributed by atoms with van der Waals surface area (Å²) >= 11 is 0. The van der Waals surface area contributed by atoms with Crippen molar-refractivity contribution >= 4 is 6.09 Å². The third kappa shape index (κ3) is 3.86. The van der Waals surface area contributed by atoms with Gasteiger partial charge in [0, 0.05) is 13.7 Å². The van der Waals surface area contributed by atoms with Gasteiger partial charge in [0.25, 0.3) is 0 Å². The van der Waals surface area contributed by atoms with Gasteiger partial charge < -0.3 is 9.47 Å². The standard InChI is InChI=1S/C23H27NO3/c1-26-16-20-7-3-4-8-21(20)19-11-9-18(10-12-19)15-24-17-23(27-22(24)25)13-5-2-6-14-23/h3-4,7-12H,2,5-6,13-17H2,1H3. The second-order valence-corrected chi connectivity index (χ2v) is 7.75. The van der Waals surface area contributed by atoms with Crippen LogP contribution in [0.25, 0.3) is 11.1 Å². The van der Waals surface area contributed by atoms with Crippen LogP contribution in [-0.4, -0.2) is 30.2 Å². The van der Waals surface area contributed by atoms with Gasteiger partial charge in [-0.25, -0.2) is 4.79 Å². The molecule has 0 atom stereocenters. The number of methoxy groups -OCH3 is 1. The average molecular weight is 365 g/mol. The van der Waals surface area contributed by atoms with Crippen LogP contribution in [0.4, 0.5) is 4.79 Å². The van der Waals surface area contributed by atoms with Crippen LogP contribution in [0.2, 0.25) is 0 Å². The summed E-state index contributed by atoms with van der Waals surface area (Å²) in [4.78, 5) is 14.2. The molecule has 1 saturated carbocycles. The molecule has 1 heterocycles. The summed E-state index contributed by atoms with van der Waals surface area (Å²) in [6, 6.07) is 16.8. The highest BCUT2D eigenvalue weighted by atomic mass is 16.6. The van der Waals surface area contributed by atoms with Gasteiger partial charge in [-0.2, -0.15) is 0 Å². The van der Waals surface area contributed by atoms with E-state index in [1.54, 1.807) is 7.11 Å². The molecule has 4 rings (SSSR count). The maximum atomic E-state index is 12.3. The summed E-state index contributed by atoms with van der Waals surface area (Å²) in [6.07, 6.45) is 5.43. The minimum Gasteiger partial charge on any atom is -0.441 e. The first kappa shape index (κ1) is 18.1. The van der Waals surface area contributed by atoms with Gasteiger partial charge in [-0.1, -0.05) is 55.0 Å². The van der Waals surface area contributed by atoms with E-state index < -0.39 is 0 Å². The van der Waals surface area contributed by atoms with Crippen molar-refractivity contribution < 1.29 is 14.3 Å². The smallest absolute Gasteiger partial charge is 0.410 e. The Labute approximate surface area is 161 Å². The second-order valence-electron chi connectivity index (χ2n) is 7.75. The predicted octanol–water partition coefficient (Wildman–Crippen LogP) is 5.16. The van der Waals surface area contributed by atoms with Gasteiger partial charge in [0.2, 0.25) is 0 Å². The van der Waals surface area contributed by atoms with Crippen LogP contribution in [0, 0.1) is 0 Å². The molecular weight excluding hydrogens is 338 g/mol. The molecule has 1 spiro atoms. The van der Waals surface area contributed by atoms with Crippen molar-refractivity contribution in [2.75, 3.05) is 13.7 Å². The summed E-state index contributed by atoms with van der Waals surface area (Å²) in [5.41, 5.74) is 4.43. The summed E-state index contributed by atoms with van der Waals surface area (Å²) in [7, 11) is 1.72. The number of rotatable bonds is 5. The first-order valence-electron chi connectivity index (χ1n) is 9.83. The van der Waals surface area contributed by atoms with Gasteiger partial charge in [-0.3, -0.25) is 4.90 Å². The molecular formula is C23H27NO3. The molecule has 0 aromatic heterocycles. The molecule has 2 fully saturated rings. The zero-order valence-corrected chi connectivity index (χ0v) is 15.9. The van der Waals surface area contributed by atoms with Crippen LogP contribution in [0.5, 0.6) is 0 Å². The van der Waals surface area contributed by atoms with Crippen LogP contribution in [0.3, 0.4) is 0 Å². The fraction of sp³-hybridized carbons (Fsp3) is 0.435. The number of ether oxygens (including phenoxy) is 2. The molecule has 1 amide bonds. The lowest BCUT2D eigenvalue weighted by Gasteiger charge is -2.30. The van der Waals surface area contributed by atoms with E-state index in [9.17, 15) is 4.79 Å². The highest BCUT2D eigenvalue weighted by Crippen LogP contribution is 2.37. The number of hydrogen-bond acceptors (Lipinski definition) is 3. The molecule has 2 aliphatic rings. The summed E-state index contributed by atoms with van der Waals surface area (Å²) in [6.45, 7) is 1.93. The molecule has 1 saturated heterocycles. The lowest BCUT2D eigenvalue weighted by Crippen LogP contribution is -2.36. The number of carbonyl (C=O) groups is 1. The van der Waals surface area contributed by atoms with Gasteiger partial charge in [0.05, 0.1) is 13.2 Å². The van der Waals surface area contributed by atoms with Crippen LogP contribution >= 0.6 is 0 Å². The third-order valence-electron chi connectivity index (χ3n) is 5.76. The number of hydrogen-bond donors (Lipinski definition) is 0. The van der Waals surface area contributed by atoms with Crippen molar-refractivity contribution in [1.29, 1.82) is 0 Å². The maximum Gasteiger partial charge on any atom is 0.410 e.